The highest BCUT2D eigenvalue weighted by atomic mass is 14.7. The fourth-order valence-electron chi connectivity index (χ4n) is 3.45. The highest BCUT2D eigenvalue weighted by Gasteiger charge is 2.13. The van der Waals surface area contributed by atoms with Crippen LogP contribution in [-0.2, 0) is 6.42 Å². The lowest BCUT2D eigenvalue weighted by atomic mass is 9.88. The third-order valence-corrected chi connectivity index (χ3v) is 4.70. The number of hydrogen-bond acceptors (Lipinski definition) is 1. The van der Waals surface area contributed by atoms with Crippen molar-refractivity contribution in [1.82, 2.24) is 4.98 Å². The van der Waals surface area contributed by atoms with E-state index in [1.807, 2.05) is 12.3 Å². The lowest BCUT2D eigenvalue weighted by Crippen LogP contribution is -2.03. The van der Waals surface area contributed by atoms with Gasteiger partial charge in [-0.3, -0.25) is 4.98 Å². The predicted octanol–water partition coefficient (Wildman–Crippen LogP) is 5.93. The molecular formula is C23H21N. The van der Waals surface area contributed by atoms with Gasteiger partial charge >= 0.3 is 0 Å². The molecule has 0 saturated carbocycles. The molecule has 0 bridgehead atoms. The van der Waals surface area contributed by atoms with Crippen molar-refractivity contribution < 1.29 is 0 Å². The average molecular weight is 311 g/mol. The Labute approximate surface area is 143 Å². The number of benzene rings is 2. The summed E-state index contributed by atoms with van der Waals surface area (Å²) in [7, 11) is 0. The maximum atomic E-state index is 4.67. The molecule has 0 spiro atoms. The molecule has 1 nitrogen and oxygen atoms in total. The van der Waals surface area contributed by atoms with Crippen LogP contribution in [0.5, 0.6) is 0 Å². The van der Waals surface area contributed by atoms with E-state index in [4.69, 9.17) is 0 Å². The second-order valence-electron chi connectivity index (χ2n) is 6.72. The van der Waals surface area contributed by atoms with Crippen LogP contribution in [-0.4, -0.2) is 4.98 Å². The van der Waals surface area contributed by atoms with Crippen LogP contribution in [0.3, 0.4) is 0 Å². The van der Waals surface area contributed by atoms with E-state index in [1.54, 1.807) is 0 Å². The van der Waals surface area contributed by atoms with Gasteiger partial charge in [-0.25, -0.2) is 0 Å². The zero-order valence-electron chi connectivity index (χ0n) is 14.2. The summed E-state index contributed by atoms with van der Waals surface area (Å²) in [6, 6.07) is 19.6. The highest BCUT2D eigenvalue weighted by molar-refractivity contribution is 5.82. The van der Waals surface area contributed by atoms with Crippen LogP contribution in [0.25, 0.3) is 28.5 Å². The highest BCUT2D eigenvalue weighted by Crippen LogP contribution is 2.33. The average Bonchev–Trinajstić information content (AvgIpc) is 2.61. The molecule has 118 valence electrons. The predicted molar refractivity (Wildman–Crippen MR) is 102 cm³/mol. The van der Waals surface area contributed by atoms with Crippen molar-refractivity contribution in [2.24, 2.45) is 5.92 Å². The third kappa shape index (κ3) is 2.78. The largest absolute Gasteiger partial charge is 0.256 e. The molecular weight excluding hydrogens is 290 g/mol. The third-order valence-electron chi connectivity index (χ3n) is 4.70. The maximum Gasteiger partial charge on any atom is 0.0780 e. The van der Waals surface area contributed by atoms with Crippen LogP contribution >= 0.6 is 0 Å². The molecule has 1 aromatic heterocycles. The molecule has 0 radical (unpaired) electrons. The van der Waals surface area contributed by atoms with Gasteiger partial charge in [0.1, 0.15) is 0 Å². The van der Waals surface area contributed by atoms with Crippen LogP contribution in [0.15, 0.2) is 66.9 Å². The van der Waals surface area contributed by atoms with Crippen molar-refractivity contribution in [2.75, 3.05) is 0 Å². The summed E-state index contributed by atoms with van der Waals surface area (Å²) in [5.41, 5.74) is 8.68. The Morgan fingerprint density at radius 3 is 2.75 bits per heavy atom. The zero-order chi connectivity index (χ0) is 16.5. The van der Waals surface area contributed by atoms with Crippen LogP contribution < -0.4 is 0 Å². The Morgan fingerprint density at radius 1 is 0.958 bits per heavy atom. The molecule has 1 unspecified atom stereocenters. The van der Waals surface area contributed by atoms with Gasteiger partial charge in [-0.15, -0.1) is 0 Å². The van der Waals surface area contributed by atoms with Gasteiger partial charge in [-0.1, -0.05) is 61.0 Å². The zero-order valence-corrected chi connectivity index (χ0v) is 14.2. The van der Waals surface area contributed by atoms with Crippen molar-refractivity contribution in [3.63, 3.8) is 0 Å². The lowest BCUT2D eigenvalue weighted by molar-refractivity contribution is 0.717. The van der Waals surface area contributed by atoms with Gasteiger partial charge in [-0.2, -0.15) is 0 Å². The quantitative estimate of drug-likeness (QED) is 0.571. The monoisotopic (exact) mass is 311 g/mol. The molecule has 1 heterocycles. The van der Waals surface area contributed by atoms with Crippen molar-refractivity contribution in [1.29, 1.82) is 0 Å². The fraction of sp³-hybridized carbons (Fsp3) is 0.174. The van der Waals surface area contributed by atoms with Crippen LogP contribution in [0.2, 0.25) is 0 Å². The normalized spacial score (nSPS) is 16.0. The fourth-order valence-corrected chi connectivity index (χ4v) is 3.45. The molecule has 0 aliphatic heterocycles. The molecule has 1 atom stereocenters. The van der Waals surface area contributed by atoms with Gasteiger partial charge in [-0.05, 0) is 54.2 Å². The van der Waals surface area contributed by atoms with Crippen LogP contribution in [0.4, 0.5) is 0 Å². The number of aromatic nitrogens is 1. The Kier molecular flexibility index (Phi) is 3.78. The van der Waals surface area contributed by atoms with Crippen molar-refractivity contribution in [3.05, 3.63) is 83.6 Å². The first-order valence-electron chi connectivity index (χ1n) is 8.54. The molecule has 0 amide bonds. The van der Waals surface area contributed by atoms with E-state index in [1.165, 1.54) is 33.4 Å². The van der Waals surface area contributed by atoms with E-state index in [-0.39, 0.29) is 0 Å². The summed E-state index contributed by atoms with van der Waals surface area (Å²) in [6.07, 6.45) is 7.57. The minimum absolute atomic E-state index is 0.629. The topological polar surface area (TPSA) is 12.9 Å². The Bertz CT molecular complexity index is 921. The van der Waals surface area contributed by atoms with Gasteiger partial charge in [0.15, 0.2) is 0 Å². The van der Waals surface area contributed by atoms with Crippen molar-refractivity contribution >= 4 is 6.08 Å². The van der Waals surface area contributed by atoms with E-state index < -0.39 is 0 Å². The standard InChI is InChI=1S/C23H21N/c1-16-5-3-6-21(14-16)23-22(7-4-12-24-23)20-11-10-18-13-17(2)8-9-19(18)15-20/h3-12,14-15,17H,13H2,1-2H3. The van der Waals surface area contributed by atoms with Crippen molar-refractivity contribution in [2.45, 2.75) is 20.3 Å². The Hall–Kier alpha value is -2.67. The van der Waals surface area contributed by atoms with Crippen LogP contribution in [0.1, 0.15) is 23.6 Å². The summed E-state index contributed by atoms with van der Waals surface area (Å²) in [5.74, 6) is 0.629. The summed E-state index contributed by atoms with van der Waals surface area (Å²) in [5, 5.41) is 0. The number of fused-ring (bicyclic) bond motifs is 1. The number of pyridine rings is 1. The summed E-state index contributed by atoms with van der Waals surface area (Å²) >= 11 is 0. The molecule has 1 aliphatic rings. The lowest BCUT2D eigenvalue weighted by Gasteiger charge is -2.17. The first kappa shape index (κ1) is 14.9. The molecule has 0 N–H and O–H groups in total. The molecule has 24 heavy (non-hydrogen) atoms. The summed E-state index contributed by atoms with van der Waals surface area (Å²) in [6.45, 7) is 4.39. The minimum Gasteiger partial charge on any atom is -0.256 e. The number of aryl methyl sites for hydroxylation is 1. The minimum atomic E-state index is 0.629. The van der Waals surface area contributed by atoms with Gasteiger partial charge < -0.3 is 0 Å². The molecule has 1 heteroatoms. The van der Waals surface area contributed by atoms with Gasteiger partial charge in [0.25, 0.3) is 0 Å². The first-order chi connectivity index (χ1) is 11.7. The van der Waals surface area contributed by atoms with Gasteiger partial charge in [0.2, 0.25) is 0 Å². The number of nitrogens with zero attached hydrogens (tertiary/aromatic N) is 1. The molecule has 1 aliphatic carbocycles. The smallest absolute Gasteiger partial charge is 0.0780 e. The Morgan fingerprint density at radius 2 is 1.88 bits per heavy atom. The molecule has 4 rings (SSSR count). The number of hydrogen-bond donors (Lipinski definition) is 0. The van der Waals surface area contributed by atoms with E-state index in [9.17, 15) is 0 Å². The first-order valence-corrected chi connectivity index (χ1v) is 8.54. The number of allylic oxidation sites excluding steroid dienone is 1. The van der Waals surface area contributed by atoms with E-state index in [0.717, 1.165) is 12.1 Å². The van der Waals surface area contributed by atoms with Gasteiger partial charge in [0.05, 0.1) is 5.69 Å². The van der Waals surface area contributed by atoms with E-state index in [0.29, 0.717) is 5.92 Å². The molecule has 2 aromatic carbocycles. The Balaban J connectivity index is 1.83. The van der Waals surface area contributed by atoms with Gasteiger partial charge in [0, 0.05) is 17.3 Å². The maximum absolute atomic E-state index is 4.67. The van der Waals surface area contributed by atoms with Crippen LogP contribution in [0, 0.1) is 12.8 Å². The van der Waals surface area contributed by atoms with E-state index in [2.05, 4.69) is 79.5 Å². The molecule has 0 fully saturated rings. The second kappa shape index (κ2) is 6.09. The SMILES string of the molecule is Cc1cccc(-c2ncccc2-c2ccc3c(c2)C=CC(C)C3)c1. The van der Waals surface area contributed by atoms with Crippen molar-refractivity contribution in [3.8, 4) is 22.4 Å². The molecule has 0 saturated heterocycles. The van der Waals surface area contributed by atoms with E-state index >= 15 is 0 Å². The number of rotatable bonds is 2. The summed E-state index contributed by atoms with van der Waals surface area (Å²) in [4.78, 5) is 4.67. The second-order valence-corrected chi connectivity index (χ2v) is 6.72. The summed E-state index contributed by atoms with van der Waals surface area (Å²) < 4.78 is 0. The molecule has 3 aromatic rings.